The van der Waals surface area contributed by atoms with Gasteiger partial charge in [0, 0.05) is 6.04 Å². The van der Waals surface area contributed by atoms with Gasteiger partial charge in [-0.25, -0.2) is 4.90 Å². The van der Waals surface area contributed by atoms with E-state index < -0.39 is 0 Å². The molecule has 1 aliphatic heterocycles. The molecule has 2 fully saturated rings. The first-order valence-corrected chi connectivity index (χ1v) is 7.46. The molecule has 1 saturated heterocycles. The molecular formula is C16H20N2O3. The third-order valence-electron chi connectivity index (χ3n) is 4.27. The van der Waals surface area contributed by atoms with Gasteiger partial charge < -0.3 is 10.1 Å². The molecule has 1 aromatic rings. The Bertz CT molecular complexity index is 535. The summed E-state index contributed by atoms with van der Waals surface area (Å²) in [6, 6.07) is 7.01. The quantitative estimate of drug-likeness (QED) is 0.859. The van der Waals surface area contributed by atoms with Crippen molar-refractivity contribution in [2.24, 2.45) is 0 Å². The lowest BCUT2D eigenvalue weighted by Crippen LogP contribution is -2.42. The van der Waals surface area contributed by atoms with Crippen molar-refractivity contribution in [3.05, 3.63) is 24.3 Å². The Kier molecular flexibility index (Phi) is 3.92. The van der Waals surface area contributed by atoms with E-state index >= 15 is 0 Å². The van der Waals surface area contributed by atoms with Gasteiger partial charge >= 0.3 is 0 Å². The molecular weight excluding hydrogens is 268 g/mol. The molecule has 1 N–H and O–H groups in total. The zero-order valence-electron chi connectivity index (χ0n) is 12.2. The Balaban J connectivity index is 1.73. The van der Waals surface area contributed by atoms with Gasteiger partial charge in [-0.15, -0.1) is 0 Å². The van der Waals surface area contributed by atoms with E-state index in [-0.39, 0.29) is 24.3 Å². The van der Waals surface area contributed by atoms with Crippen molar-refractivity contribution in [2.75, 3.05) is 12.0 Å². The molecule has 2 amide bonds. The van der Waals surface area contributed by atoms with Crippen LogP contribution in [0.3, 0.4) is 0 Å². The van der Waals surface area contributed by atoms with E-state index in [4.69, 9.17) is 4.74 Å². The minimum absolute atomic E-state index is 0.138. The molecule has 1 heterocycles. The highest BCUT2D eigenvalue weighted by atomic mass is 16.5. The number of ether oxygens (including phenoxy) is 1. The highest BCUT2D eigenvalue weighted by Gasteiger charge is 2.40. The molecule has 0 radical (unpaired) electrons. The number of nitrogens with one attached hydrogen (secondary N) is 1. The van der Waals surface area contributed by atoms with E-state index in [0.717, 1.165) is 12.8 Å². The first-order chi connectivity index (χ1) is 10.2. The number of carbonyl (C=O) groups is 2. The van der Waals surface area contributed by atoms with Gasteiger partial charge in [-0.2, -0.15) is 0 Å². The van der Waals surface area contributed by atoms with E-state index in [1.165, 1.54) is 17.7 Å². The van der Waals surface area contributed by atoms with Gasteiger partial charge in [0.25, 0.3) is 5.91 Å². The molecule has 5 nitrogen and oxygen atoms in total. The molecule has 1 aliphatic carbocycles. The number of anilines is 1. The molecule has 0 spiro atoms. The Morgan fingerprint density at radius 3 is 2.43 bits per heavy atom. The third-order valence-corrected chi connectivity index (χ3v) is 4.27. The number of benzene rings is 1. The summed E-state index contributed by atoms with van der Waals surface area (Å²) in [7, 11) is 1.59. The van der Waals surface area contributed by atoms with E-state index in [2.05, 4.69) is 5.32 Å². The van der Waals surface area contributed by atoms with Crippen LogP contribution in [-0.4, -0.2) is 31.0 Å². The van der Waals surface area contributed by atoms with Gasteiger partial charge in [-0.05, 0) is 37.1 Å². The van der Waals surface area contributed by atoms with Crippen LogP contribution in [-0.2, 0) is 9.59 Å². The number of nitrogens with zero attached hydrogens (tertiary/aromatic N) is 1. The van der Waals surface area contributed by atoms with Crippen LogP contribution in [0.25, 0.3) is 0 Å². The second kappa shape index (κ2) is 5.85. The van der Waals surface area contributed by atoms with Crippen molar-refractivity contribution >= 4 is 17.5 Å². The lowest BCUT2D eigenvalue weighted by molar-refractivity contribution is -0.121. The van der Waals surface area contributed by atoms with Gasteiger partial charge in [0.15, 0.2) is 0 Å². The summed E-state index contributed by atoms with van der Waals surface area (Å²) in [4.78, 5) is 25.9. The molecule has 1 atom stereocenters. The standard InChI is InChI=1S/C16H20N2O3/c1-21-13-8-6-12(7-9-13)18-15(19)10-14(16(18)20)17-11-4-2-3-5-11/h6-9,11,14,17H,2-5,10H2,1H3/t14-/m1/s1. The van der Waals surface area contributed by atoms with E-state index in [9.17, 15) is 9.59 Å². The van der Waals surface area contributed by atoms with Crippen LogP contribution < -0.4 is 15.0 Å². The van der Waals surface area contributed by atoms with E-state index in [0.29, 0.717) is 17.5 Å². The predicted octanol–water partition coefficient (Wildman–Crippen LogP) is 1.86. The molecule has 0 unspecified atom stereocenters. The average Bonchev–Trinajstić information content (AvgIpc) is 3.09. The van der Waals surface area contributed by atoms with Crippen molar-refractivity contribution in [1.82, 2.24) is 5.32 Å². The van der Waals surface area contributed by atoms with E-state index in [1.54, 1.807) is 31.4 Å². The first-order valence-electron chi connectivity index (χ1n) is 7.46. The number of carbonyl (C=O) groups excluding carboxylic acids is 2. The summed E-state index contributed by atoms with van der Waals surface area (Å²) >= 11 is 0. The molecule has 5 heteroatoms. The lowest BCUT2D eigenvalue weighted by atomic mass is 10.2. The number of amides is 2. The van der Waals surface area contributed by atoms with Crippen molar-refractivity contribution in [3.63, 3.8) is 0 Å². The summed E-state index contributed by atoms with van der Waals surface area (Å²) in [6.07, 6.45) is 4.85. The Labute approximate surface area is 124 Å². The summed E-state index contributed by atoms with van der Waals surface area (Å²) < 4.78 is 5.09. The van der Waals surface area contributed by atoms with E-state index in [1.807, 2.05) is 0 Å². The summed E-state index contributed by atoms with van der Waals surface area (Å²) in [5.41, 5.74) is 0.613. The Hall–Kier alpha value is -1.88. The zero-order chi connectivity index (χ0) is 14.8. The molecule has 0 bridgehead atoms. The fourth-order valence-electron chi connectivity index (χ4n) is 3.14. The Morgan fingerprint density at radius 1 is 1.14 bits per heavy atom. The van der Waals surface area contributed by atoms with Crippen LogP contribution in [0, 0.1) is 0 Å². The molecule has 0 aromatic heterocycles. The molecule has 2 aliphatic rings. The predicted molar refractivity (Wildman–Crippen MR) is 79.3 cm³/mol. The Morgan fingerprint density at radius 2 is 1.81 bits per heavy atom. The van der Waals surface area contributed by atoms with Crippen LogP contribution in [0.4, 0.5) is 5.69 Å². The largest absolute Gasteiger partial charge is 0.497 e. The minimum Gasteiger partial charge on any atom is -0.497 e. The maximum atomic E-state index is 12.5. The van der Waals surface area contributed by atoms with Crippen molar-refractivity contribution in [1.29, 1.82) is 0 Å². The summed E-state index contributed by atoms with van der Waals surface area (Å²) in [6.45, 7) is 0. The first kappa shape index (κ1) is 14.1. The van der Waals surface area contributed by atoms with Crippen molar-refractivity contribution in [3.8, 4) is 5.75 Å². The number of hydrogen-bond donors (Lipinski definition) is 1. The lowest BCUT2D eigenvalue weighted by Gasteiger charge is -2.18. The van der Waals surface area contributed by atoms with Crippen LogP contribution in [0.1, 0.15) is 32.1 Å². The van der Waals surface area contributed by atoms with Gasteiger partial charge in [0.05, 0.1) is 25.3 Å². The molecule has 3 rings (SSSR count). The van der Waals surface area contributed by atoms with Crippen molar-refractivity contribution in [2.45, 2.75) is 44.2 Å². The topological polar surface area (TPSA) is 58.6 Å². The third kappa shape index (κ3) is 2.78. The van der Waals surface area contributed by atoms with Crippen molar-refractivity contribution < 1.29 is 14.3 Å². The van der Waals surface area contributed by atoms with Gasteiger partial charge in [0.1, 0.15) is 5.75 Å². The van der Waals surface area contributed by atoms with Crippen LogP contribution >= 0.6 is 0 Å². The second-order valence-electron chi connectivity index (χ2n) is 5.67. The molecule has 112 valence electrons. The smallest absolute Gasteiger partial charge is 0.251 e. The number of hydrogen-bond acceptors (Lipinski definition) is 4. The summed E-state index contributed by atoms with van der Waals surface area (Å²) in [5, 5.41) is 3.34. The zero-order valence-corrected chi connectivity index (χ0v) is 12.2. The number of rotatable bonds is 4. The SMILES string of the molecule is COc1ccc(N2C(=O)C[C@@H](NC3CCCC3)C2=O)cc1. The maximum Gasteiger partial charge on any atom is 0.251 e. The number of imide groups is 1. The minimum atomic E-state index is -0.372. The van der Waals surface area contributed by atoms with Gasteiger partial charge in [0.2, 0.25) is 5.91 Å². The molecule has 1 saturated carbocycles. The average molecular weight is 288 g/mol. The monoisotopic (exact) mass is 288 g/mol. The summed E-state index contributed by atoms with van der Waals surface area (Å²) in [5.74, 6) is 0.427. The highest BCUT2D eigenvalue weighted by molar-refractivity contribution is 6.22. The number of methoxy groups -OCH3 is 1. The second-order valence-corrected chi connectivity index (χ2v) is 5.67. The van der Waals surface area contributed by atoms with Crippen LogP contribution in [0.2, 0.25) is 0 Å². The highest BCUT2D eigenvalue weighted by Crippen LogP contribution is 2.26. The van der Waals surface area contributed by atoms with Gasteiger partial charge in [-0.3, -0.25) is 9.59 Å². The molecule has 1 aromatic carbocycles. The van der Waals surface area contributed by atoms with Gasteiger partial charge in [-0.1, -0.05) is 12.8 Å². The fourth-order valence-corrected chi connectivity index (χ4v) is 3.14. The fraction of sp³-hybridized carbons (Fsp3) is 0.500. The normalized spacial score (nSPS) is 23.1. The van der Waals surface area contributed by atoms with Crippen LogP contribution in [0.5, 0.6) is 5.75 Å². The maximum absolute atomic E-state index is 12.5. The van der Waals surface area contributed by atoms with Crippen LogP contribution in [0.15, 0.2) is 24.3 Å². The molecule has 21 heavy (non-hydrogen) atoms.